The van der Waals surface area contributed by atoms with E-state index in [2.05, 4.69) is 15.9 Å². The highest BCUT2D eigenvalue weighted by molar-refractivity contribution is 9.10. The molecule has 0 bridgehead atoms. The van der Waals surface area contributed by atoms with Crippen LogP contribution in [0.5, 0.6) is 5.75 Å². The number of ketones is 1. The molecular formula is C11H13BrO2. The van der Waals surface area contributed by atoms with Gasteiger partial charge in [-0.15, -0.1) is 0 Å². The van der Waals surface area contributed by atoms with Gasteiger partial charge in [-0.05, 0) is 34.5 Å². The minimum absolute atomic E-state index is 0.151. The molecule has 0 heterocycles. The second-order valence-electron chi connectivity index (χ2n) is 2.99. The molecule has 1 aromatic rings. The Labute approximate surface area is 92.4 Å². The standard InChI is InChI=1S/C11H13BrO2/c1-3-5-9(13)8-6-4-7-10(14-2)11(8)12/h4,6-7H,3,5H2,1-2H3. The summed E-state index contributed by atoms with van der Waals surface area (Å²) in [6.45, 7) is 1.99. The number of carbonyl (C=O) groups excluding carboxylic acids is 1. The molecule has 3 heteroatoms. The van der Waals surface area contributed by atoms with Crippen LogP contribution >= 0.6 is 15.9 Å². The fraction of sp³-hybridized carbons (Fsp3) is 0.364. The first-order chi connectivity index (χ1) is 6.70. The SMILES string of the molecule is CCCC(=O)c1cccc(OC)c1Br. The van der Waals surface area contributed by atoms with Crippen molar-refractivity contribution in [1.82, 2.24) is 0 Å². The molecule has 14 heavy (non-hydrogen) atoms. The highest BCUT2D eigenvalue weighted by Gasteiger charge is 2.11. The number of halogens is 1. The maximum atomic E-state index is 11.6. The van der Waals surface area contributed by atoms with Crippen LogP contribution in [0.3, 0.4) is 0 Å². The lowest BCUT2D eigenvalue weighted by atomic mass is 10.1. The van der Waals surface area contributed by atoms with Crippen LogP contribution in [0.1, 0.15) is 30.1 Å². The van der Waals surface area contributed by atoms with Gasteiger partial charge in [0.15, 0.2) is 5.78 Å². The second kappa shape index (κ2) is 5.15. The average Bonchev–Trinajstić information content (AvgIpc) is 2.18. The molecule has 0 spiro atoms. The van der Waals surface area contributed by atoms with Crippen LogP contribution < -0.4 is 4.74 Å². The normalized spacial score (nSPS) is 9.93. The van der Waals surface area contributed by atoms with Crippen molar-refractivity contribution in [3.63, 3.8) is 0 Å². The molecule has 0 unspecified atom stereocenters. The molecule has 0 aromatic heterocycles. The van der Waals surface area contributed by atoms with Crippen molar-refractivity contribution in [2.24, 2.45) is 0 Å². The molecule has 0 saturated heterocycles. The van der Waals surface area contributed by atoms with Crippen LogP contribution in [0.25, 0.3) is 0 Å². The number of carbonyl (C=O) groups is 1. The zero-order chi connectivity index (χ0) is 10.6. The second-order valence-corrected chi connectivity index (χ2v) is 3.79. The van der Waals surface area contributed by atoms with Gasteiger partial charge in [0, 0.05) is 12.0 Å². The molecule has 0 aliphatic carbocycles. The Morgan fingerprint density at radius 2 is 2.21 bits per heavy atom. The minimum Gasteiger partial charge on any atom is -0.496 e. The number of hydrogen-bond acceptors (Lipinski definition) is 2. The van der Waals surface area contributed by atoms with Crippen LogP contribution in [0.4, 0.5) is 0 Å². The number of methoxy groups -OCH3 is 1. The van der Waals surface area contributed by atoms with E-state index in [0.717, 1.165) is 10.9 Å². The van der Waals surface area contributed by atoms with Crippen molar-refractivity contribution < 1.29 is 9.53 Å². The lowest BCUT2D eigenvalue weighted by Gasteiger charge is -2.07. The quantitative estimate of drug-likeness (QED) is 0.772. The number of Topliss-reactive ketones (excluding diaryl/α,β-unsaturated/α-hetero) is 1. The summed E-state index contributed by atoms with van der Waals surface area (Å²) in [5.41, 5.74) is 0.700. The van der Waals surface area contributed by atoms with E-state index in [0.29, 0.717) is 17.7 Å². The third-order valence-electron chi connectivity index (χ3n) is 1.96. The Balaban J connectivity index is 3.03. The predicted molar refractivity (Wildman–Crippen MR) is 59.9 cm³/mol. The summed E-state index contributed by atoms with van der Waals surface area (Å²) in [6, 6.07) is 5.46. The molecule has 0 aliphatic heterocycles. The van der Waals surface area contributed by atoms with E-state index >= 15 is 0 Å². The van der Waals surface area contributed by atoms with E-state index in [1.807, 2.05) is 25.1 Å². The molecule has 2 nitrogen and oxygen atoms in total. The smallest absolute Gasteiger partial charge is 0.164 e. The number of benzene rings is 1. The van der Waals surface area contributed by atoms with Gasteiger partial charge in [0.1, 0.15) is 5.75 Å². The first-order valence-electron chi connectivity index (χ1n) is 4.56. The van der Waals surface area contributed by atoms with E-state index in [-0.39, 0.29) is 5.78 Å². The molecule has 76 valence electrons. The summed E-state index contributed by atoms with van der Waals surface area (Å²) >= 11 is 3.37. The van der Waals surface area contributed by atoms with Crippen molar-refractivity contribution >= 4 is 21.7 Å². The van der Waals surface area contributed by atoms with Crippen LogP contribution in [-0.4, -0.2) is 12.9 Å². The summed E-state index contributed by atoms with van der Waals surface area (Å²) in [5, 5.41) is 0. The van der Waals surface area contributed by atoms with Gasteiger partial charge in [-0.25, -0.2) is 0 Å². The molecule has 0 amide bonds. The molecule has 1 aromatic carbocycles. The molecule has 0 saturated carbocycles. The van der Waals surface area contributed by atoms with Crippen molar-refractivity contribution in [3.8, 4) is 5.75 Å². The Bertz CT molecular complexity index is 334. The van der Waals surface area contributed by atoms with Gasteiger partial charge >= 0.3 is 0 Å². The molecule has 0 aliphatic rings. The predicted octanol–water partition coefficient (Wildman–Crippen LogP) is 3.44. The first kappa shape index (κ1) is 11.2. The summed E-state index contributed by atoms with van der Waals surface area (Å²) < 4.78 is 5.87. The average molecular weight is 257 g/mol. The van der Waals surface area contributed by atoms with Crippen LogP contribution in [0.15, 0.2) is 22.7 Å². The van der Waals surface area contributed by atoms with Gasteiger partial charge in [-0.2, -0.15) is 0 Å². The van der Waals surface area contributed by atoms with Gasteiger partial charge < -0.3 is 4.74 Å². The van der Waals surface area contributed by atoms with E-state index in [1.165, 1.54) is 0 Å². The summed E-state index contributed by atoms with van der Waals surface area (Å²) in [6.07, 6.45) is 1.44. The lowest BCUT2D eigenvalue weighted by molar-refractivity contribution is 0.0980. The van der Waals surface area contributed by atoms with Crippen LogP contribution in [0.2, 0.25) is 0 Å². The summed E-state index contributed by atoms with van der Waals surface area (Å²) in [7, 11) is 1.59. The topological polar surface area (TPSA) is 26.3 Å². The Morgan fingerprint density at radius 3 is 2.79 bits per heavy atom. The Hall–Kier alpha value is -0.830. The van der Waals surface area contributed by atoms with E-state index in [1.54, 1.807) is 7.11 Å². The highest BCUT2D eigenvalue weighted by Crippen LogP contribution is 2.29. The monoisotopic (exact) mass is 256 g/mol. The molecular weight excluding hydrogens is 244 g/mol. The maximum Gasteiger partial charge on any atom is 0.164 e. The van der Waals surface area contributed by atoms with Crippen molar-refractivity contribution in [2.75, 3.05) is 7.11 Å². The molecule has 0 atom stereocenters. The number of rotatable bonds is 4. The van der Waals surface area contributed by atoms with Crippen LogP contribution in [-0.2, 0) is 0 Å². The summed E-state index contributed by atoms with van der Waals surface area (Å²) in [4.78, 5) is 11.6. The van der Waals surface area contributed by atoms with Crippen LogP contribution in [0, 0.1) is 0 Å². The van der Waals surface area contributed by atoms with E-state index in [9.17, 15) is 4.79 Å². The number of ether oxygens (including phenoxy) is 1. The Kier molecular flexibility index (Phi) is 4.14. The van der Waals surface area contributed by atoms with Gasteiger partial charge in [-0.1, -0.05) is 13.0 Å². The fourth-order valence-electron chi connectivity index (χ4n) is 1.25. The van der Waals surface area contributed by atoms with E-state index in [4.69, 9.17) is 4.74 Å². The van der Waals surface area contributed by atoms with Gasteiger partial charge in [0.25, 0.3) is 0 Å². The lowest BCUT2D eigenvalue weighted by Crippen LogP contribution is -2.00. The summed E-state index contributed by atoms with van der Waals surface area (Å²) in [5.74, 6) is 0.852. The maximum absolute atomic E-state index is 11.6. The fourth-order valence-corrected chi connectivity index (χ4v) is 1.89. The molecule has 0 radical (unpaired) electrons. The Morgan fingerprint density at radius 1 is 1.50 bits per heavy atom. The third kappa shape index (κ3) is 2.35. The molecule has 0 N–H and O–H groups in total. The van der Waals surface area contributed by atoms with Gasteiger partial charge in [0.05, 0.1) is 11.6 Å². The highest BCUT2D eigenvalue weighted by atomic mass is 79.9. The molecule has 0 fully saturated rings. The number of hydrogen-bond donors (Lipinski definition) is 0. The third-order valence-corrected chi connectivity index (χ3v) is 2.78. The zero-order valence-corrected chi connectivity index (χ0v) is 9.93. The van der Waals surface area contributed by atoms with Crippen molar-refractivity contribution in [3.05, 3.63) is 28.2 Å². The first-order valence-corrected chi connectivity index (χ1v) is 5.35. The largest absolute Gasteiger partial charge is 0.496 e. The minimum atomic E-state index is 0.151. The van der Waals surface area contributed by atoms with Crippen molar-refractivity contribution in [1.29, 1.82) is 0 Å². The zero-order valence-electron chi connectivity index (χ0n) is 8.34. The van der Waals surface area contributed by atoms with Crippen molar-refractivity contribution in [2.45, 2.75) is 19.8 Å². The van der Waals surface area contributed by atoms with Gasteiger partial charge in [-0.3, -0.25) is 4.79 Å². The van der Waals surface area contributed by atoms with E-state index < -0.39 is 0 Å². The van der Waals surface area contributed by atoms with Gasteiger partial charge in [0.2, 0.25) is 0 Å². The molecule has 1 rings (SSSR count).